The van der Waals surface area contributed by atoms with Gasteiger partial charge in [0, 0.05) is 32.2 Å². The van der Waals surface area contributed by atoms with E-state index in [1.807, 2.05) is 35.0 Å². The van der Waals surface area contributed by atoms with Crippen LogP contribution in [-0.4, -0.2) is 54.3 Å². The molecular weight excluding hydrogens is 280 g/mol. The van der Waals surface area contributed by atoms with Crippen LogP contribution in [0.1, 0.15) is 37.0 Å². The van der Waals surface area contributed by atoms with Crippen molar-refractivity contribution in [1.29, 1.82) is 0 Å². The predicted octanol–water partition coefficient (Wildman–Crippen LogP) is 1.33. The summed E-state index contributed by atoms with van der Waals surface area (Å²) in [6.45, 7) is 3.85. The van der Waals surface area contributed by atoms with Crippen molar-refractivity contribution in [3.63, 3.8) is 0 Å². The van der Waals surface area contributed by atoms with Gasteiger partial charge in [0.25, 0.3) is 0 Å². The number of fused-ring (bicyclic) bond motifs is 1. The van der Waals surface area contributed by atoms with Crippen molar-refractivity contribution in [2.75, 3.05) is 38.2 Å². The van der Waals surface area contributed by atoms with E-state index in [0.717, 1.165) is 42.7 Å². The van der Waals surface area contributed by atoms with Gasteiger partial charge >= 0.3 is 0 Å². The minimum absolute atomic E-state index is 0.0693. The van der Waals surface area contributed by atoms with E-state index >= 15 is 0 Å². The maximum absolute atomic E-state index is 11.7. The highest BCUT2D eigenvalue weighted by Gasteiger charge is 2.21. The third kappa shape index (κ3) is 4.06. The van der Waals surface area contributed by atoms with Crippen molar-refractivity contribution in [1.82, 2.24) is 4.90 Å². The highest BCUT2D eigenvalue weighted by atomic mass is 16.3. The van der Waals surface area contributed by atoms with Crippen LogP contribution in [0.5, 0.6) is 0 Å². The molecule has 2 N–H and O–H groups in total. The predicted molar refractivity (Wildman–Crippen MR) is 86.9 cm³/mol. The lowest BCUT2D eigenvalue weighted by atomic mass is 9.96. The second-order valence-electron chi connectivity index (χ2n) is 5.99. The summed E-state index contributed by atoms with van der Waals surface area (Å²) in [5, 5.41) is 19.2. The standard InChI is InChI=1S/C17H26N2O3/c1-13(21)19-8-3-4-14-12-15(5-6-16(14)19)17(22)7-9-18(2)10-11-20/h5-6,12,17,20,22H,3-4,7-11H2,1-2H3. The SMILES string of the molecule is CC(=O)N1CCCc2cc(C(O)CCN(C)CCO)ccc21. The van der Waals surface area contributed by atoms with E-state index in [4.69, 9.17) is 5.11 Å². The molecule has 0 saturated carbocycles. The van der Waals surface area contributed by atoms with E-state index in [-0.39, 0.29) is 12.5 Å². The molecule has 1 atom stereocenters. The summed E-state index contributed by atoms with van der Waals surface area (Å²) in [4.78, 5) is 15.5. The molecule has 1 aliphatic heterocycles. The lowest BCUT2D eigenvalue weighted by Crippen LogP contribution is -2.33. The number of likely N-dealkylation sites (N-methyl/N-ethyl adjacent to an activating group) is 1. The highest BCUT2D eigenvalue weighted by molar-refractivity contribution is 5.92. The molecule has 0 aliphatic carbocycles. The molecule has 0 fully saturated rings. The molecule has 1 unspecified atom stereocenters. The Bertz CT molecular complexity index is 519. The molecule has 5 heteroatoms. The van der Waals surface area contributed by atoms with Crippen molar-refractivity contribution in [2.24, 2.45) is 0 Å². The molecule has 122 valence electrons. The van der Waals surface area contributed by atoms with Gasteiger partial charge in [-0.25, -0.2) is 0 Å². The van der Waals surface area contributed by atoms with Crippen LogP contribution in [-0.2, 0) is 11.2 Å². The zero-order chi connectivity index (χ0) is 16.1. The van der Waals surface area contributed by atoms with Crippen LogP contribution in [0.2, 0.25) is 0 Å². The van der Waals surface area contributed by atoms with Gasteiger partial charge < -0.3 is 20.0 Å². The molecule has 1 aliphatic rings. The van der Waals surface area contributed by atoms with Crippen LogP contribution in [0.4, 0.5) is 5.69 Å². The number of anilines is 1. The summed E-state index contributed by atoms with van der Waals surface area (Å²) in [5.74, 6) is 0.0693. The first-order chi connectivity index (χ1) is 10.5. The molecule has 5 nitrogen and oxygen atoms in total. The number of carbonyl (C=O) groups excluding carboxylic acids is 1. The Kier molecular flexibility index (Phi) is 5.94. The summed E-state index contributed by atoms with van der Waals surface area (Å²) in [5.41, 5.74) is 3.02. The largest absolute Gasteiger partial charge is 0.395 e. The number of nitrogens with zero attached hydrogens (tertiary/aromatic N) is 2. The van der Waals surface area contributed by atoms with Gasteiger partial charge in [0.05, 0.1) is 12.7 Å². The second-order valence-corrected chi connectivity index (χ2v) is 5.99. The number of aliphatic hydroxyl groups excluding tert-OH is 2. The van der Waals surface area contributed by atoms with Crippen molar-refractivity contribution < 1.29 is 15.0 Å². The summed E-state index contributed by atoms with van der Waals surface area (Å²) < 4.78 is 0. The molecule has 0 bridgehead atoms. The Morgan fingerprint density at radius 1 is 1.41 bits per heavy atom. The number of carbonyl (C=O) groups is 1. The van der Waals surface area contributed by atoms with Gasteiger partial charge in [0.2, 0.25) is 5.91 Å². The molecular formula is C17H26N2O3. The van der Waals surface area contributed by atoms with Crippen molar-refractivity contribution in [3.8, 4) is 0 Å². The first kappa shape index (κ1) is 16.9. The Morgan fingerprint density at radius 2 is 2.18 bits per heavy atom. The Labute approximate surface area is 132 Å². The van der Waals surface area contributed by atoms with Crippen molar-refractivity contribution in [3.05, 3.63) is 29.3 Å². The smallest absolute Gasteiger partial charge is 0.223 e. The molecule has 0 radical (unpaired) electrons. The Morgan fingerprint density at radius 3 is 2.86 bits per heavy atom. The topological polar surface area (TPSA) is 64.0 Å². The van der Waals surface area contributed by atoms with E-state index in [1.165, 1.54) is 0 Å². The van der Waals surface area contributed by atoms with Crippen LogP contribution in [0, 0.1) is 0 Å². The first-order valence-electron chi connectivity index (χ1n) is 7.91. The fourth-order valence-corrected chi connectivity index (χ4v) is 2.94. The van der Waals surface area contributed by atoms with Crippen molar-refractivity contribution >= 4 is 11.6 Å². The van der Waals surface area contributed by atoms with E-state index in [9.17, 15) is 9.90 Å². The summed E-state index contributed by atoms with van der Waals surface area (Å²) in [7, 11) is 1.93. The van der Waals surface area contributed by atoms with Crippen LogP contribution >= 0.6 is 0 Å². The van der Waals surface area contributed by atoms with Gasteiger partial charge in [-0.1, -0.05) is 12.1 Å². The van der Waals surface area contributed by atoms with Gasteiger partial charge in [0.15, 0.2) is 0 Å². The fraction of sp³-hybridized carbons (Fsp3) is 0.588. The van der Waals surface area contributed by atoms with Crippen molar-refractivity contribution in [2.45, 2.75) is 32.3 Å². The van der Waals surface area contributed by atoms with E-state index in [2.05, 4.69) is 0 Å². The molecule has 1 aromatic rings. The van der Waals surface area contributed by atoms with Crippen LogP contribution in [0.25, 0.3) is 0 Å². The monoisotopic (exact) mass is 306 g/mol. The van der Waals surface area contributed by atoms with E-state index in [0.29, 0.717) is 13.0 Å². The molecule has 1 amide bonds. The quantitative estimate of drug-likeness (QED) is 0.832. The minimum Gasteiger partial charge on any atom is -0.395 e. The number of aryl methyl sites for hydroxylation is 1. The number of aliphatic hydroxyl groups is 2. The summed E-state index contributed by atoms with van der Waals surface area (Å²) in [6.07, 6.45) is 2.03. The first-order valence-corrected chi connectivity index (χ1v) is 7.91. The summed E-state index contributed by atoms with van der Waals surface area (Å²) in [6, 6.07) is 5.89. The lowest BCUT2D eigenvalue weighted by Gasteiger charge is -2.29. The number of hydrogen-bond acceptors (Lipinski definition) is 4. The third-order valence-corrected chi connectivity index (χ3v) is 4.25. The Balaban J connectivity index is 2.05. The summed E-state index contributed by atoms with van der Waals surface area (Å²) >= 11 is 0. The molecule has 0 aromatic heterocycles. The molecule has 22 heavy (non-hydrogen) atoms. The second kappa shape index (κ2) is 7.72. The van der Waals surface area contributed by atoms with Crippen LogP contribution < -0.4 is 4.90 Å². The van der Waals surface area contributed by atoms with Gasteiger partial charge in [-0.2, -0.15) is 0 Å². The molecule has 0 spiro atoms. The molecule has 0 saturated heterocycles. The van der Waals surface area contributed by atoms with Gasteiger partial charge in [-0.05, 0) is 43.5 Å². The number of hydrogen-bond donors (Lipinski definition) is 2. The van der Waals surface area contributed by atoms with E-state index in [1.54, 1.807) is 6.92 Å². The molecule has 1 heterocycles. The number of amides is 1. The zero-order valence-corrected chi connectivity index (χ0v) is 13.5. The lowest BCUT2D eigenvalue weighted by molar-refractivity contribution is -0.116. The third-order valence-electron chi connectivity index (χ3n) is 4.25. The minimum atomic E-state index is -0.515. The zero-order valence-electron chi connectivity index (χ0n) is 13.5. The fourth-order valence-electron chi connectivity index (χ4n) is 2.94. The average molecular weight is 306 g/mol. The maximum Gasteiger partial charge on any atom is 0.223 e. The maximum atomic E-state index is 11.7. The van der Waals surface area contributed by atoms with Gasteiger partial charge in [-0.3, -0.25) is 4.79 Å². The highest BCUT2D eigenvalue weighted by Crippen LogP contribution is 2.30. The van der Waals surface area contributed by atoms with Gasteiger partial charge in [0.1, 0.15) is 0 Å². The molecule has 2 rings (SSSR count). The van der Waals surface area contributed by atoms with Crippen LogP contribution in [0.3, 0.4) is 0 Å². The Hall–Kier alpha value is -1.43. The average Bonchev–Trinajstić information content (AvgIpc) is 2.51. The molecule has 1 aromatic carbocycles. The van der Waals surface area contributed by atoms with Crippen LogP contribution in [0.15, 0.2) is 18.2 Å². The normalized spacial score (nSPS) is 15.8. The number of benzene rings is 1. The van der Waals surface area contributed by atoms with E-state index < -0.39 is 6.10 Å². The number of rotatable bonds is 6. The van der Waals surface area contributed by atoms with Gasteiger partial charge in [-0.15, -0.1) is 0 Å².